The zero-order valence-electron chi connectivity index (χ0n) is 8.82. The smallest absolute Gasteiger partial charge is 0.319 e. The molecule has 0 bridgehead atoms. The van der Waals surface area contributed by atoms with Crippen LogP contribution >= 0.6 is 27.7 Å². The standard InChI is InChI=1S/C11H10BrNO2S/c1-11(2,10(14)15)16-9-5-3-4-8(12)7(9)6-13/h3-5H,1-2H3,(H,14,15). The van der Waals surface area contributed by atoms with E-state index in [9.17, 15) is 4.79 Å². The molecule has 0 aliphatic carbocycles. The second-order valence-corrected chi connectivity index (χ2v) is 6.16. The number of hydrogen-bond donors (Lipinski definition) is 1. The molecule has 0 heterocycles. The Morgan fingerprint density at radius 2 is 2.19 bits per heavy atom. The van der Waals surface area contributed by atoms with Crippen LogP contribution in [0.1, 0.15) is 19.4 Å². The Morgan fingerprint density at radius 1 is 1.56 bits per heavy atom. The number of benzene rings is 1. The van der Waals surface area contributed by atoms with E-state index in [1.54, 1.807) is 32.0 Å². The molecule has 0 aliphatic heterocycles. The molecule has 3 nitrogen and oxygen atoms in total. The number of aliphatic carboxylic acids is 1. The topological polar surface area (TPSA) is 61.1 Å². The van der Waals surface area contributed by atoms with Crippen molar-refractivity contribution in [2.24, 2.45) is 0 Å². The van der Waals surface area contributed by atoms with Gasteiger partial charge in [-0.05, 0) is 41.9 Å². The molecule has 0 radical (unpaired) electrons. The Bertz CT molecular complexity index is 466. The zero-order valence-corrected chi connectivity index (χ0v) is 11.2. The van der Waals surface area contributed by atoms with Gasteiger partial charge in [-0.15, -0.1) is 11.8 Å². The molecule has 1 aromatic carbocycles. The largest absolute Gasteiger partial charge is 0.480 e. The number of carbonyl (C=O) groups is 1. The molecule has 0 unspecified atom stereocenters. The quantitative estimate of drug-likeness (QED) is 0.870. The van der Waals surface area contributed by atoms with E-state index in [0.717, 1.165) is 0 Å². The fraction of sp³-hybridized carbons (Fsp3) is 0.273. The van der Waals surface area contributed by atoms with Gasteiger partial charge in [0.25, 0.3) is 0 Å². The number of nitrogens with zero attached hydrogens (tertiary/aromatic N) is 1. The molecule has 0 aliphatic rings. The second kappa shape index (κ2) is 4.89. The van der Waals surface area contributed by atoms with Crippen LogP contribution in [-0.2, 0) is 4.79 Å². The number of nitriles is 1. The van der Waals surface area contributed by atoms with Crippen molar-refractivity contribution in [3.05, 3.63) is 28.2 Å². The molecule has 0 saturated carbocycles. The molecule has 0 spiro atoms. The first-order chi connectivity index (χ1) is 7.38. The van der Waals surface area contributed by atoms with Crippen molar-refractivity contribution in [1.82, 2.24) is 0 Å². The van der Waals surface area contributed by atoms with Gasteiger partial charge in [-0.2, -0.15) is 5.26 Å². The first-order valence-corrected chi connectivity index (χ1v) is 6.10. The lowest BCUT2D eigenvalue weighted by Crippen LogP contribution is -2.27. The van der Waals surface area contributed by atoms with Crippen molar-refractivity contribution in [3.63, 3.8) is 0 Å². The third kappa shape index (κ3) is 2.77. The Labute approximate surface area is 107 Å². The first-order valence-electron chi connectivity index (χ1n) is 4.49. The molecular weight excluding hydrogens is 290 g/mol. The van der Waals surface area contributed by atoms with Crippen LogP contribution in [0.2, 0.25) is 0 Å². The molecule has 1 N–H and O–H groups in total. The highest BCUT2D eigenvalue weighted by molar-refractivity contribution is 9.10. The summed E-state index contributed by atoms with van der Waals surface area (Å²) in [4.78, 5) is 11.7. The summed E-state index contributed by atoms with van der Waals surface area (Å²) in [5.41, 5.74) is 0.474. The molecule has 16 heavy (non-hydrogen) atoms. The van der Waals surface area contributed by atoms with E-state index >= 15 is 0 Å². The lowest BCUT2D eigenvalue weighted by Gasteiger charge is -2.19. The highest BCUT2D eigenvalue weighted by Crippen LogP contribution is 2.36. The SMILES string of the molecule is CC(C)(Sc1cccc(Br)c1C#N)C(=O)O. The van der Waals surface area contributed by atoms with Gasteiger partial charge >= 0.3 is 5.97 Å². The maximum Gasteiger partial charge on any atom is 0.319 e. The van der Waals surface area contributed by atoms with Crippen LogP contribution in [0.5, 0.6) is 0 Å². The molecule has 0 aromatic heterocycles. The Hall–Kier alpha value is -0.990. The molecule has 1 aromatic rings. The van der Waals surface area contributed by atoms with Gasteiger partial charge in [-0.3, -0.25) is 4.79 Å². The predicted octanol–water partition coefficient (Wildman–Crippen LogP) is 3.28. The average Bonchev–Trinajstić information content (AvgIpc) is 2.17. The minimum Gasteiger partial charge on any atom is -0.480 e. The summed E-state index contributed by atoms with van der Waals surface area (Å²) in [7, 11) is 0. The summed E-state index contributed by atoms with van der Waals surface area (Å²) in [5.74, 6) is -0.902. The van der Waals surface area contributed by atoms with Gasteiger partial charge in [0.1, 0.15) is 10.8 Å². The number of rotatable bonds is 3. The summed E-state index contributed by atoms with van der Waals surface area (Å²) in [6, 6.07) is 7.36. The third-order valence-corrected chi connectivity index (χ3v) is 3.87. The Kier molecular flexibility index (Phi) is 4.00. The molecule has 5 heteroatoms. The Balaban J connectivity index is 3.13. The van der Waals surface area contributed by atoms with Gasteiger partial charge in [0.05, 0.1) is 5.56 Å². The van der Waals surface area contributed by atoms with Gasteiger partial charge in [-0.1, -0.05) is 6.07 Å². The van der Waals surface area contributed by atoms with Crippen LogP contribution in [0, 0.1) is 11.3 Å². The Morgan fingerprint density at radius 3 is 2.69 bits per heavy atom. The van der Waals surface area contributed by atoms with Gasteiger partial charge in [0.2, 0.25) is 0 Å². The highest BCUT2D eigenvalue weighted by atomic mass is 79.9. The van der Waals surface area contributed by atoms with Gasteiger partial charge in [-0.25, -0.2) is 0 Å². The van der Waals surface area contributed by atoms with E-state index in [2.05, 4.69) is 22.0 Å². The van der Waals surface area contributed by atoms with E-state index < -0.39 is 10.7 Å². The molecule has 0 saturated heterocycles. The van der Waals surface area contributed by atoms with E-state index in [1.807, 2.05) is 0 Å². The second-order valence-electron chi connectivity index (χ2n) is 3.64. The molecule has 0 amide bonds. The van der Waals surface area contributed by atoms with Crippen molar-refractivity contribution in [1.29, 1.82) is 5.26 Å². The van der Waals surface area contributed by atoms with Crippen molar-refractivity contribution in [2.45, 2.75) is 23.5 Å². The highest BCUT2D eigenvalue weighted by Gasteiger charge is 2.29. The van der Waals surface area contributed by atoms with Crippen LogP contribution in [0.4, 0.5) is 0 Å². The molecule has 0 atom stereocenters. The first kappa shape index (κ1) is 13.1. The lowest BCUT2D eigenvalue weighted by molar-refractivity contribution is -0.138. The average molecular weight is 300 g/mol. The van der Waals surface area contributed by atoms with Crippen molar-refractivity contribution in [2.75, 3.05) is 0 Å². The maximum atomic E-state index is 11.0. The van der Waals surface area contributed by atoms with Crippen LogP contribution in [0.15, 0.2) is 27.6 Å². The predicted molar refractivity (Wildman–Crippen MR) is 66.4 cm³/mol. The normalized spacial score (nSPS) is 10.9. The summed E-state index contributed by atoms with van der Waals surface area (Å²) in [5, 5.41) is 18.0. The number of carboxylic acid groups (broad SMARTS) is 1. The van der Waals surface area contributed by atoms with Gasteiger partial charge in [0.15, 0.2) is 0 Å². The molecule has 1 rings (SSSR count). The van der Waals surface area contributed by atoms with E-state index in [0.29, 0.717) is 14.9 Å². The van der Waals surface area contributed by atoms with Crippen LogP contribution in [-0.4, -0.2) is 15.8 Å². The summed E-state index contributed by atoms with van der Waals surface area (Å²) < 4.78 is -0.270. The maximum absolute atomic E-state index is 11.0. The fourth-order valence-electron chi connectivity index (χ4n) is 1.02. The molecule has 84 valence electrons. The summed E-state index contributed by atoms with van der Waals surface area (Å²) >= 11 is 4.44. The third-order valence-electron chi connectivity index (χ3n) is 1.97. The van der Waals surface area contributed by atoms with Crippen LogP contribution in [0.25, 0.3) is 0 Å². The van der Waals surface area contributed by atoms with E-state index in [-0.39, 0.29) is 0 Å². The number of hydrogen-bond acceptors (Lipinski definition) is 3. The summed E-state index contributed by atoms with van der Waals surface area (Å²) in [6.07, 6.45) is 0. The number of thioether (sulfide) groups is 1. The van der Waals surface area contributed by atoms with Crippen molar-refractivity contribution < 1.29 is 9.90 Å². The molecule has 0 fully saturated rings. The van der Waals surface area contributed by atoms with Gasteiger partial charge < -0.3 is 5.11 Å². The fourth-order valence-corrected chi connectivity index (χ4v) is 2.64. The van der Waals surface area contributed by atoms with Crippen LogP contribution in [0.3, 0.4) is 0 Å². The minimum absolute atomic E-state index is 0.474. The minimum atomic E-state index is -0.952. The van der Waals surface area contributed by atoms with Crippen molar-refractivity contribution in [3.8, 4) is 6.07 Å². The monoisotopic (exact) mass is 299 g/mol. The summed E-state index contributed by atoms with van der Waals surface area (Å²) in [6.45, 7) is 3.23. The zero-order chi connectivity index (χ0) is 12.3. The number of halogens is 1. The number of carboxylic acids is 1. The van der Waals surface area contributed by atoms with E-state index in [4.69, 9.17) is 10.4 Å². The van der Waals surface area contributed by atoms with E-state index in [1.165, 1.54) is 11.8 Å². The van der Waals surface area contributed by atoms with Crippen molar-refractivity contribution >= 4 is 33.7 Å². The van der Waals surface area contributed by atoms with Crippen LogP contribution < -0.4 is 0 Å². The molecular formula is C11H10BrNO2S. The lowest BCUT2D eigenvalue weighted by atomic mass is 10.2. The van der Waals surface area contributed by atoms with Gasteiger partial charge in [0, 0.05) is 9.37 Å².